The molecule has 0 saturated carbocycles. The molecule has 3 heteroatoms. The molecule has 0 aliphatic heterocycles. The van der Waals surface area contributed by atoms with Crippen molar-refractivity contribution in [3.05, 3.63) is 35.9 Å². The van der Waals surface area contributed by atoms with Gasteiger partial charge in [-0.1, -0.05) is 44.2 Å². The van der Waals surface area contributed by atoms with Crippen LogP contribution < -0.4 is 5.73 Å². The first kappa shape index (κ1) is 12.4. The molecule has 0 heterocycles. The second-order valence-electron chi connectivity index (χ2n) is 3.85. The quantitative estimate of drug-likeness (QED) is 0.835. The predicted molar refractivity (Wildman–Crippen MR) is 66.1 cm³/mol. The van der Waals surface area contributed by atoms with Crippen molar-refractivity contribution in [3.63, 3.8) is 0 Å². The van der Waals surface area contributed by atoms with Crippen molar-refractivity contribution >= 4 is 10.8 Å². The maximum atomic E-state index is 12.1. The molecular formula is C12H19NOS. The van der Waals surface area contributed by atoms with Crippen molar-refractivity contribution in [2.75, 3.05) is 6.54 Å². The molecule has 15 heavy (non-hydrogen) atoms. The summed E-state index contributed by atoms with van der Waals surface area (Å²) in [6.07, 6.45) is 0.787. The third kappa shape index (κ3) is 3.43. The maximum Gasteiger partial charge on any atom is 0.0611 e. The van der Waals surface area contributed by atoms with Crippen LogP contribution in [0.25, 0.3) is 0 Å². The summed E-state index contributed by atoms with van der Waals surface area (Å²) >= 11 is 0. The molecule has 2 atom stereocenters. The lowest BCUT2D eigenvalue weighted by Gasteiger charge is -2.18. The van der Waals surface area contributed by atoms with Crippen molar-refractivity contribution in [2.45, 2.75) is 30.8 Å². The van der Waals surface area contributed by atoms with Crippen LogP contribution in [-0.4, -0.2) is 16.0 Å². The summed E-state index contributed by atoms with van der Waals surface area (Å²) in [5.41, 5.74) is 6.70. The first-order valence-corrected chi connectivity index (χ1v) is 6.58. The van der Waals surface area contributed by atoms with Gasteiger partial charge in [-0.25, -0.2) is 0 Å². The fourth-order valence-corrected chi connectivity index (χ4v) is 3.02. The van der Waals surface area contributed by atoms with Gasteiger partial charge in [-0.2, -0.15) is 0 Å². The molecule has 1 aromatic rings. The van der Waals surface area contributed by atoms with Gasteiger partial charge in [0.25, 0.3) is 0 Å². The number of hydrogen-bond acceptors (Lipinski definition) is 2. The maximum absolute atomic E-state index is 12.1. The second-order valence-corrected chi connectivity index (χ2v) is 6.02. The van der Waals surface area contributed by atoms with Gasteiger partial charge in [-0.3, -0.25) is 4.21 Å². The van der Waals surface area contributed by atoms with Gasteiger partial charge in [-0.15, -0.1) is 0 Å². The van der Waals surface area contributed by atoms with Crippen LogP contribution in [0.5, 0.6) is 0 Å². The van der Waals surface area contributed by atoms with Crippen LogP contribution in [0.15, 0.2) is 30.3 Å². The van der Waals surface area contributed by atoms with Crippen molar-refractivity contribution in [3.8, 4) is 0 Å². The minimum Gasteiger partial charge on any atom is -0.330 e. The molecule has 0 spiro atoms. The summed E-state index contributed by atoms with van der Waals surface area (Å²) in [5.74, 6) is 0. The topological polar surface area (TPSA) is 43.1 Å². The first-order chi connectivity index (χ1) is 7.16. The molecule has 0 radical (unpaired) electrons. The fraction of sp³-hybridized carbons (Fsp3) is 0.500. The molecule has 0 fully saturated rings. The van der Waals surface area contributed by atoms with E-state index in [0.717, 1.165) is 12.0 Å². The van der Waals surface area contributed by atoms with Crippen molar-refractivity contribution < 1.29 is 4.21 Å². The molecule has 0 aromatic heterocycles. The molecule has 0 aliphatic rings. The van der Waals surface area contributed by atoms with Crippen molar-refractivity contribution in [1.29, 1.82) is 0 Å². The first-order valence-electron chi connectivity index (χ1n) is 5.31. The highest BCUT2D eigenvalue weighted by molar-refractivity contribution is 7.85. The Morgan fingerprint density at radius 1 is 1.27 bits per heavy atom. The number of benzene rings is 1. The van der Waals surface area contributed by atoms with E-state index in [1.54, 1.807) is 0 Å². The van der Waals surface area contributed by atoms with Gasteiger partial charge in [0.05, 0.1) is 5.25 Å². The normalized spacial score (nSPS) is 15.2. The highest BCUT2D eigenvalue weighted by Crippen LogP contribution is 2.25. The summed E-state index contributed by atoms with van der Waals surface area (Å²) in [6, 6.07) is 10.00. The Labute approximate surface area is 94.3 Å². The van der Waals surface area contributed by atoms with Crippen molar-refractivity contribution in [2.24, 2.45) is 5.73 Å². The van der Waals surface area contributed by atoms with Gasteiger partial charge in [0.2, 0.25) is 0 Å². The zero-order valence-corrected chi connectivity index (χ0v) is 10.2. The molecule has 2 N–H and O–H groups in total. The van der Waals surface area contributed by atoms with Gasteiger partial charge in [0, 0.05) is 16.0 Å². The van der Waals surface area contributed by atoms with Crippen LogP contribution in [0, 0.1) is 0 Å². The molecule has 0 bridgehead atoms. The van der Waals surface area contributed by atoms with Gasteiger partial charge < -0.3 is 5.73 Å². The van der Waals surface area contributed by atoms with Crippen LogP contribution in [0.4, 0.5) is 0 Å². The van der Waals surface area contributed by atoms with E-state index in [1.165, 1.54) is 0 Å². The van der Waals surface area contributed by atoms with Gasteiger partial charge >= 0.3 is 0 Å². The van der Waals surface area contributed by atoms with E-state index in [-0.39, 0.29) is 10.5 Å². The fourth-order valence-electron chi connectivity index (χ4n) is 1.56. The third-order valence-corrected chi connectivity index (χ3v) is 4.34. The Bertz CT molecular complexity index is 311. The van der Waals surface area contributed by atoms with E-state index in [1.807, 2.05) is 44.2 Å². The average molecular weight is 225 g/mol. The molecule has 0 amide bonds. The Kier molecular flexibility index (Phi) is 4.99. The summed E-state index contributed by atoms with van der Waals surface area (Å²) in [7, 11) is -0.840. The molecule has 1 aromatic carbocycles. The van der Waals surface area contributed by atoms with Crippen LogP contribution in [-0.2, 0) is 10.8 Å². The largest absolute Gasteiger partial charge is 0.330 e. The third-order valence-electron chi connectivity index (χ3n) is 2.35. The average Bonchev–Trinajstić information content (AvgIpc) is 2.26. The monoisotopic (exact) mass is 225 g/mol. The number of hydrogen-bond donors (Lipinski definition) is 1. The lowest BCUT2D eigenvalue weighted by Crippen LogP contribution is -2.18. The summed E-state index contributed by atoms with van der Waals surface area (Å²) in [5, 5.41) is 0.262. The lowest BCUT2D eigenvalue weighted by molar-refractivity contribution is 0.656. The van der Waals surface area contributed by atoms with E-state index in [0.29, 0.717) is 6.54 Å². The molecule has 0 aliphatic carbocycles. The van der Waals surface area contributed by atoms with Crippen LogP contribution >= 0.6 is 0 Å². The zero-order valence-electron chi connectivity index (χ0n) is 9.35. The Balaban J connectivity index is 2.88. The highest BCUT2D eigenvalue weighted by Gasteiger charge is 2.20. The number of rotatable bonds is 5. The summed E-state index contributed by atoms with van der Waals surface area (Å²) in [6.45, 7) is 4.56. The van der Waals surface area contributed by atoms with Crippen molar-refractivity contribution in [1.82, 2.24) is 0 Å². The van der Waals surface area contributed by atoms with Crippen LogP contribution in [0.2, 0.25) is 0 Å². The Hall–Kier alpha value is -0.670. The summed E-state index contributed by atoms with van der Waals surface area (Å²) < 4.78 is 12.1. The van der Waals surface area contributed by atoms with E-state index in [4.69, 9.17) is 5.73 Å². The second kappa shape index (κ2) is 6.03. The van der Waals surface area contributed by atoms with Gasteiger partial charge in [0.1, 0.15) is 0 Å². The minimum atomic E-state index is -0.840. The highest BCUT2D eigenvalue weighted by atomic mass is 32.2. The minimum absolute atomic E-state index is 0.0798. The smallest absolute Gasteiger partial charge is 0.0611 e. The van der Waals surface area contributed by atoms with Crippen LogP contribution in [0.3, 0.4) is 0 Å². The van der Waals surface area contributed by atoms with E-state index in [2.05, 4.69) is 0 Å². The van der Waals surface area contributed by atoms with E-state index >= 15 is 0 Å². The molecular weight excluding hydrogens is 206 g/mol. The van der Waals surface area contributed by atoms with Gasteiger partial charge in [0.15, 0.2) is 0 Å². The molecule has 1 rings (SSSR count). The SMILES string of the molecule is CC(C)S(=O)C(CCN)c1ccccc1. The zero-order chi connectivity index (χ0) is 11.3. The van der Waals surface area contributed by atoms with Gasteiger partial charge in [-0.05, 0) is 18.5 Å². The Morgan fingerprint density at radius 2 is 1.87 bits per heavy atom. The number of nitrogens with two attached hydrogens (primary N) is 1. The van der Waals surface area contributed by atoms with Crippen LogP contribution in [0.1, 0.15) is 31.1 Å². The van der Waals surface area contributed by atoms with E-state index < -0.39 is 10.8 Å². The molecule has 2 unspecified atom stereocenters. The molecule has 84 valence electrons. The predicted octanol–water partition coefficient (Wildman–Crippen LogP) is 2.23. The lowest BCUT2D eigenvalue weighted by atomic mass is 10.1. The summed E-state index contributed by atoms with van der Waals surface area (Å²) in [4.78, 5) is 0. The standard InChI is InChI=1S/C12H19NOS/c1-10(2)15(14)12(8-9-13)11-6-4-3-5-7-11/h3-7,10,12H,8-9,13H2,1-2H3. The Morgan fingerprint density at radius 3 is 2.33 bits per heavy atom. The molecule has 0 saturated heterocycles. The molecule has 2 nitrogen and oxygen atoms in total. The van der Waals surface area contributed by atoms with E-state index in [9.17, 15) is 4.21 Å².